The van der Waals surface area contributed by atoms with E-state index in [-0.39, 0.29) is 0 Å². The van der Waals surface area contributed by atoms with E-state index in [1.54, 1.807) is 23.1 Å². The number of benzene rings is 1. The summed E-state index contributed by atoms with van der Waals surface area (Å²) in [5.74, 6) is 0. The third kappa shape index (κ3) is 2.46. The summed E-state index contributed by atoms with van der Waals surface area (Å²) in [6.45, 7) is 0.834. The van der Waals surface area contributed by atoms with Crippen molar-refractivity contribution in [3.63, 3.8) is 0 Å². The van der Waals surface area contributed by atoms with Gasteiger partial charge in [-0.2, -0.15) is 0 Å². The van der Waals surface area contributed by atoms with Gasteiger partial charge in [0.05, 0.1) is 16.5 Å². The number of rotatable bonds is 3. The second-order valence-electron chi connectivity index (χ2n) is 3.85. The Kier molecular flexibility index (Phi) is 3.41. The first-order valence-corrected chi connectivity index (χ1v) is 8.19. The smallest absolute Gasteiger partial charge is 0.150 e. The number of hydrogen-bond acceptors (Lipinski definition) is 4. The molecule has 6 heteroatoms. The van der Waals surface area contributed by atoms with Gasteiger partial charge in [0.1, 0.15) is 4.60 Å². The molecule has 0 bridgehead atoms. The van der Waals surface area contributed by atoms with Crippen molar-refractivity contribution in [1.29, 1.82) is 0 Å². The highest BCUT2D eigenvalue weighted by Crippen LogP contribution is 2.28. The number of aromatic nitrogens is 3. The fourth-order valence-corrected chi connectivity index (χ4v) is 3.67. The predicted octanol–water partition coefficient (Wildman–Crippen LogP) is 4.03. The minimum Gasteiger partial charge on any atom is -0.332 e. The molecule has 0 spiro atoms. The molecule has 1 aromatic carbocycles. The van der Waals surface area contributed by atoms with Crippen LogP contribution in [0.15, 0.2) is 39.7 Å². The molecule has 0 N–H and O–H groups in total. The molecule has 0 radical (unpaired) electrons. The third-order valence-electron chi connectivity index (χ3n) is 2.57. The van der Waals surface area contributed by atoms with Gasteiger partial charge in [-0.1, -0.05) is 17.8 Å². The van der Waals surface area contributed by atoms with Gasteiger partial charge in [-0.05, 0) is 39.9 Å². The van der Waals surface area contributed by atoms with Gasteiger partial charge in [0.15, 0.2) is 4.34 Å². The van der Waals surface area contributed by atoms with Gasteiger partial charge in [0, 0.05) is 12.7 Å². The Morgan fingerprint density at radius 2 is 2.33 bits per heavy atom. The van der Waals surface area contributed by atoms with Crippen molar-refractivity contribution in [2.45, 2.75) is 10.9 Å². The van der Waals surface area contributed by atoms with Crippen LogP contribution in [0, 0.1) is 0 Å². The highest BCUT2D eigenvalue weighted by molar-refractivity contribution is 9.10. The lowest BCUT2D eigenvalue weighted by molar-refractivity contribution is 0.798. The van der Waals surface area contributed by atoms with E-state index in [9.17, 15) is 0 Å². The largest absolute Gasteiger partial charge is 0.332 e. The fraction of sp³-hybridized carbons (Fsp3) is 0.167. The summed E-state index contributed by atoms with van der Waals surface area (Å²) in [6.07, 6.45) is 5.86. The van der Waals surface area contributed by atoms with Crippen LogP contribution in [0.4, 0.5) is 0 Å². The first kappa shape index (κ1) is 12.2. The summed E-state index contributed by atoms with van der Waals surface area (Å²) in [7, 11) is 0. The highest BCUT2D eigenvalue weighted by Gasteiger charge is 2.04. The zero-order chi connectivity index (χ0) is 12.5. The van der Waals surface area contributed by atoms with E-state index in [1.165, 1.54) is 10.3 Å². The van der Waals surface area contributed by atoms with E-state index in [0.717, 1.165) is 21.0 Å². The molecule has 2 heterocycles. The quantitative estimate of drug-likeness (QED) is 0.675. The number of nitrogens with zero attached hydrogens (tertiary/aromatic N) is 3. The van der Waals surface area contributed by atoms with Crippen molar-refractivity contribution >= 4 is 49.2 Å². The first-order valence-electron chi connectivity index (χ1n) is 5.35. The Morgan fingerprint density at radius 1 is 1.44 bits per heavy atom. The molecule has 0 atom stereocenters. The van der Waals surface area contributed by atoms with Crippen LogP contribution in [-0.2, 0) is 6.54 Å². The van der Waals surface area contributed by atoms with Crippen LogP contribution in [0.2, 0.25) is 0 Å². The molecule has 0 saturated heterocycles. The summed E-state index contributed by atoms with van der Waals surface area (Å²) in [5, 5.41) is 0. The first-order chi connectivity index (χ1) is 8.74. The molecule has 92 valence electrons. The lowest BCUT2D eigenvalue weighted by atomic mass is 10.2. The van der Waals surface area contributed by atoms with Crippen molar-refractivity contribution in [3.8, 4) is 0 Å². The van der Waals surface area contributed by atoms with Gasteiger partial charge in [0.25, 0.3) is 0 Å². The molecular weight excluding hydrogens is 330 g/mol. The van der Waals surface area contributed by atoms with E-state index < -0.39 is 0 Å². The van der Waals surface area contributed by atoms with Crippen molar-refractivity contribution in [2.24, 2.45) is 0 Å². The number of thiazole rings is 1. The number of imidazole rings is 1. The number of thioether (sulfide) groups is 1. The topological polar surface area (TPSA) is 30.7 Å². The fourth-order valence-electron chi connectivity index (χ4n) is 1.76. The van der Waals surface area contributed by atoms with Gasteiger partial charge in [-0.25, -0.2) is 9.97 Å². The summed E-state index contributed by atoms with van der Waals surface area (Å²) < 4.78 is 5.29. The molecule has 3 aromatic rings. The van der Waals surface area contributed by atoms with Crippen LogP contribution in [-0.4, -0.2) is 20.8 Å². The maximum atomic E-state index is 4.54. The van der Waals surface area contributed by atoms with E-state index in [2.05, 4.69) is 54.9 Å². The third-order valence-corrected chi connectivity index (χ3v) is 4.99. The Hall–Kier alpha value is -0.850. The molecule has 18 heavy (non-hydrogen) atoms. The second kappa shape index (κ2) is 5.03. The summed E-state index contributed by atoms with van der Waals surface area (Å²) in [6, 6.07) is 6.42. The molecule has 0 aliphatic heterocycles. The van der Waals surface area contributed by atoms with Crippen LogP contribution >= 0.6 is 39.0 Å². The lowest BCUT2D eigenvalue weighted by Crippen LogP contribution is -1.95. The SMILES string of the molecule is CSc1nc2ccc(Cn3cnc(Br)c3)cc2s1. The molecule has 0 saturated carbocycles. The van der Waals surface area contributed by atoms with Crippen LogP contribution in [0.3, 0.4) is 0 Å². The standard InChI is InChI=1S/C12H10BrN3S2/c1-17-12-15-9-3-2-8(4-10(9)18-12)5-16-6-11(13)14-7-16/h2-4,6-7H,5H2,1H3. The average Bonchev–Trinajstić information content (AvgIpc) is 2.94. The number of halogens is 1. The molecule has 0 fully saturated rings. The monoisotopic (exact) mass is 339 g/mol. The number of hydrogen-bond donors (Lipinski definition) is 0. The van der Waals surface area contributed by atoms with Gasteiger partial charge in [0.2, 0.25) is 0 Å². The Balaban J connectivity index is 1.92. The van der Waals surface area contributed by atoms with Crippen LogP contribution in [0.1, 0.15) is 5.56 Å². The zero-order valence-corrected chi connectivity index (χ0v) is 12.8. The van der Waals surface area contributed by atoms with Crippen molar-refractivity contribution in [2.75, 3.05) is 6.26 Å². The molecule has 0 aliphatic rings. The van der Waals surface area contributed by atoms with Gasteiger partial charge in [-0.3, -0.25) is 0 Å². The van der Waals surface area contributed by atoms with E-state index in [1.807, 2.05) is 12.5 Å². The summed E-state index contributed by atoms with van der Waals surface area (Å²) in [4.78, 5) is 8.70. The van der Waals surface area contributed by atoms with E-state index >= 15 is 0 Å². The van der Waals surface area contributed by atoms with Crippen LogP contribution in [0.5, 0.6) is 0 Å². The predicted molar refractivity (Wildman–Crippen MR) is 80.4 cm³/mol. The van der Waals surface area contributed by atoms with E-state index in [0.29, 0.717) is 0 Å². The molecular formula is C12H10BrN3S2. The van der Waals surface area contributed by atoms with Crippen LogP contribution < -0.4 is 0 Å². The molecule has 0 aliphatic carbocycles. The lowest BCUT2D eigenvalue weighted by Gasteiger charge is -2.01. The Morgan fingerprint density at radius 3 is 3.06 bits per heavy atom. The summed E-state index contributed by atoms with van der Waals surface area (Å²) in [5.41, 5.74) is 2.35. The number of fused-ring (bicyclic) bond motifs is 1. The molecule has 0 amide bonds. The Labute approximate surface area is 121 Å². The minimum absolute atomic E-state index is 0.834. The maximum absolute atomic E-state index is 4.54. The summed E-state index contributed by atoms with van der Waals surface area (Å²) >= 11 is 6.79. The molecule has 3 nitrogen and oxygen atoms in total. The zero-order valence-electron chi connectivity index (χ0n) is 9.63. The molecule has 0 unspecified atom stereocenters. The maximum Gasteiger partial charge on any atom is 0.150 e. The van der Waals surface area contributed by atoms with Crippen molar-refractivity contribution < 1.29 is 0 Å². The van der Waals surface area contributed by atoms with Gasteiger partial charge < -0.3 is 4.57 Å². The van der Waals surface area contributed by atoms with E-state index in [4.69, 9.17) is 0 Å². The highest BCUT2D eigenvalue weighted by atomic mass is 79.9. The average molecular weight is 340 g/mol. The second-order valence-corrected chi connectivity index (χ2v) is 6.75. The van der Waals surface area contributed by atoms with Gasteiger partial charge >= 0.3 is 0 Å². The van der Waals surface area contributed by atoms with Crippen molar-refractivity contribution in [3.05, 3.63) is 40.9 Å². The minimum atomic E-state index is 0.834. The molecule has 2 aromatic heterocycles. The normalized spacial score (nSPS) is 11.2. The van der Waals surface area contributed by atoms with Crippen molar-refractivity contribution in [1.82, 2.24) is 14.5 Å². The van der Waals surface area contributed by atoms with Crippen LogP contribution in [0.25, 0.3) is 10.2 Å². The van der Waals surface area contributed by atoms with Gasteiger partial charge in [-0.15, -0.1) is 11.3 Å². The molecule has 3 rings (SSSR count). The Bertz CT molecular complexity index is 690.